The summed E-state index contributed by atoms with van der Waals surface area (Å²) in [5.41, 5.74) is 0. The van der Waals surface area contributed by atoms with Gasteiger partial charge in [0.1, 0.15) is 0 Å². The molecule has 0 saturated heterocycles. The Balaban J connectivity index is 2.29. The first-order valence-electron chi connectivity index (χ1n) is 8.43. The molecule has 1 saturated carbocycles. The molecule has 0 aromatic carbocycles. The zero-order valence-electron chi connectivity index (χ0n) is 14.7. The van der Waals surface area contributed by atoms with Gasteiger partial charge in [-0.15, -0.1) is 0 Å². The van der Waals surface area contributed by atoms with Crippen LogP contribution in [-0.4, -0.2) is 76.2 Å². The van der Waals surface area contributed by atoms with Gasteiger partial charge in [-0.2, -0.15) is 0 Å². The van der Waals surface area contributed by atoms with E-state index in [1.54, 1.807) is 0 Å². The van der Waals surface area contributed by atoms with Gasteiger partial charge in [0.25, 0.3) is 0 Å². The maximum atomic E-state index is 11.8. The van der Waals surface area contributed by atoms with Crippen molar-refractivity contribution in [3.8, 4) is 0 Å². The molecule has 2 amide bonds. The maximum Gasteiger partial charge on any atom is 0.315 e. The van der Waals surface area contributed by atoms with Crippen molar-refractivity contribution in [1.29, 1.82) is 0 Å². The Hall–Kier alpha value is -0.860. The summed E-state index contributed by atoms with van der Waals surface area (Å²) in [5, 5.41) is 5.73. The number of amides is 2. The summed E-state index contributed by atoms with van der Waals surface area (Å²) < 4.78 is 25.0. The van der Waals surface area contributed by atoms with E-state index in [0.717, 1.165) is 25.8 Å². The summed E-state index contributed by atoms with van der Waals surface area (Å²) in [5.74, 6) is 0. The summed E-state index contributed by atoms with van der Waals surface area (Å²) in [7, 11) is 0.676. The van der Waals surface area contributed by atoms with Crippen LogP contribution >= 0.6 is 0 Å². The zero-order valence-corrected chi connectivity index (χ0v) is 15.5. The van der Waals surface area contributed by atoms with Crippen LogP contribution in [0, 0.1) is 0 Å². The number of hydrogen-bond donors (Lipinski definition) is 2. The number of urea groups is 1. The summed E-state index contributed by atoms with van der Waals surface area (Å²) in [6, 6.07) is 0.0634. The standard InChI is InChI=1S/C15H32N4O3S/c1-18(2)11-7-12-19(23(3,21)22)13-10-16-15(20)17-14-8-5-4-6-9-14/h14H,4-13H2,1-3H3,(H2,16,17,20). The van der Waals surface area contributed by atoms with E-state index < -0.39 is 10.0 Å². The van der Waals surface area contributed by atoms with Crippen molar-refractivity contribution in [3.05, 3.63) is 0 Å². The molecular weight excluding hydrogens is 316 g/mol. The van der Waals surface area contributed by atoms with Crippen LogP contribution in [0.1, 0.15) is 38.5 Å². The van der Waals surface area contributed by atoms with E-state index in [2.05, 4.69) is 10.6 Å². The normalized spacial score (nSPS) is 16.7. The van der Waals surface area contributed by atoms with E-state index in [9.17, 15) is 13.2 Å². The van der Waals surface area contributed by atoms with Crippen LogP contribution in [0.25, 0.3) is 0 Å². The molecule has 7 nitrogen and oxygen atoms in total. The van der Waals surface area contributed by atoms with Crippen molar-refractivity contribution >= 4 is 16.1 Å². The number of carbonyl (C=O) groups excluding carboxylic acids is 1. The predicted molar refractivity (Wildman–Crippen MR) is 93.0 cm³/mol. The van der Waals surface area contributed by atoms with Crippen LogP contribution < -0.4 is 10.6 Å². The molecule has 1 fully saturated rings. The van der Waals surface area contributed by atoms with E-state index >= 15 is 0 Å². The highest BCUT2D eigenvalue weighted by Crippen LogP contribution is 2.17. The molecule has 0 aromatic rings. The Morgan fingerprint density at radius 2 is 1.74 bits per heavy atom. The molecule has 1 rings (SSSR count). The van der Waals surface area contributed by atoms with Gasteiger partial charge in [-0.25, -0.2) is 17.5 Å². The van der Waals surface area contributed by atoms with Gasteiger partial charge in [0.15, 0.2) is 0 Å². The highest BCUT2D eigenvalue weighted by molar-refractivity contribution is 7.88. The van der Waals surface area contributed by atoms with Crippen LogP contribution in [-0.2, 0) is 10.0 Å². The quantitative estimate of drug-likeness (QED) is 0.647. The summed E-state index contributed by atoms with van der Waals surface area (Å²) in [4.78, 5) is 13.9. The molecule has 0 radical (unpaired) electrons. The fourth-order valence-corrected chi connectivity index (χ4v) is 3.67. The smallest absolute Gasteiger partial charge is 0.315 e. The van der Waals surface area contributed by atoms with Gasteiger partial charge in [0, 0.05) is 25.7 Å². The number of nitrogens with one attached hydrogen (secondary N) is 2. The molecule has 0 heterocycles. The van der Waals surface area contributed by atoms with Gasteiger partial charge in [-0.05, 0) is 39.9 Å². The first-order valence-corrected chi connectivity index (χ1v) is 10.3. The Bertz CT molecular complexity index is 448. The number of nitrogens with zero attached hydrogens (tertiary/aromatic N) is 2. The third-order valence-electron chi connectivity index (χ3n) is 4.07. The Labute approximate surface area is 140 Å². The molecule has 0 unspecified atom stereocenters. The highest BCUT2D eigenvalue weighted by atomic mass is 32.2. The number of sulfonamides is 1. The zero-order chi connectivity index (χ0) is 17.3. The van der Waals surface area contributed by atoms with Crippen molar-refractivity contribution in [2.24, 2.45) is 0 Å². The van der Waals surface area contributed by atoms with E-state index in [-0.39, 0.29) is 12.1 Å². The van der Waals surface area contributed by atoms with E-state index in [1.165, 1.54) is 29.8 Å². The third-order valence-corrected chi connectivity index (χ3v) is 5.37. The van der Waals surface area contributed by atoms with Gasteiger partial charge < -0.3 is 15.5 Å². The largest absolute Gasteiger partial charge is 0.337 e. The third kappa shape index (κ3) is 9.12. The lowest BCUT2D eigenvalue weighted by atomic mass is 9.96. The summed E-state index contributed by atoms with van der Waals surface area (Å²) in [6.45, 7) is 1.95. The monoisotopic (exact) mass is 348 g/mol. The second-order valence-corrected chi connectivity index (χ2v) is 8.54. The molecule has 8 heteroatoms. The lowest BCUT2D eigenvalue weighted by molar-refractivity contribution is 0.231. The molecule has 0 atom stereocenters. The van der Waals surface area contributed by atoms with E-state index in [1.807, 2.05) is 19.0 Å². The first kappa shape index (κ1) is 20.2. The number of carbonyl (C=O) groups is 1. The van der Waals surface area contributed by atoms with Gasteiger partial charge >= 0.3 is 6.03 Å². The minimum Gasteiger partial charge on any atom is -0.337 e. The number of rotatable bonds is 9. The highest BCUT2D eigenvalue weighted by Gasteiger charge is 2.18. The van der Waals surface area contributed by atoms with Gasteiger partial charge in [0.2, 0.25) is 10.0 Å². The van der Waals surface area contributed by atoms with Crippen LogP contribution in [0.3, 0.4) is 0 Å². The molecule has 0 spiro atoms. The average molecular weight is 349 g/mol. The van der Waals surface area contributed by atoms with Gasteiger partial charge in [0.05, 0.1) is 6.26 Å². The van der Waals surface area contributed by atoms with E-state index in [0.29, 0.717) is 19.6 Å². The molecule has 0 bridgehead atoms. The van der Waals surface area contributed by atoms with Crippen LogP contribution in [0.15, 0.2) is 0 Å². The summed E-state index contributed by atoms with van der Waals surface area (Å²) >= 11 is 0. The van der Waals surface area contributed by atoms with Crippen molar-refractivity contribution in [1.82, 2.24) is 19.8 Å². The Morgan fingerprint density at radius 1 is 1.09 bits per heavy atom. The van der Waals surface area contributed by atoms with Crippen molar-refractivity contribution in [2.75, 3.05) is 46.5 Å². The fourth-order valence-electron chi connectivity index (χ4n) is 2.78. The maximum absolute atomic E-state index is 11.8. The molecule has 1 aliphatic carbocycles. The second kappa shape index (κ2) is 10.1. The van der Waals surface area contributed by atoms with Gasteiger partial charge in [-0.1, -0.05) is 19.3 Å². The molecule has 1 aliphatic rings. The SMILES string of the molecule is CN(C)CCCN(CCNC(=O)NC1CCCCC1)S(C)(=O)=O. The average Bonchev–Trinajstić information content (AvgIpc) is 2.45. The van der Waals surface area contributed by atoms with Crippen LogP contribution in [0.2, 0.25) is 0 Å². The number of hydrogen-bond acceptors (Lipinski definition) is 4. The van der Waals surface area contributed by atoms with Crippen molar-refractivity contribution in [3.63, 3.8) is 0 Å². The molecule has 2 N–H and O–H groups in total. The molecule has 23 heavy (non-hydrogen) atoms. The lowest BCUT2D eigenvalue weighted by Crippen LogP contribution is -2.46. The topological polar surface area (TPSA) is 81.8 Å². The van der Waals surface area contributed by atoms with Crippen molar-refractivity contribution in [2.45, 2.75) is 44.6 Å². The first-order chi connectivity index (χ1) is 10.8. The molecule has 0 aromatic heterocycles. The minimum absolute atomic E-state index is 0.196. The minimum atomic E-state index is -3.24. The lowest BCUT2D eigenvalue weighted by Gasteiger charge is -2.24. The molecule has 136 valence electrons. The van der Waals surface area contributed by atoms with E-state index in [4.69, 9.17) is 0 Å². The van der Waals surface area contributed by atoms with Crippen molar-refractivity contribution < 1.29 is 13.2 Å². The second-order valence-electron chi connectivity index (χ2n) is 6.55. The van der Waals surface area contributed by atoms with Crippen LogP contribution in [0.4, 0.5) is 4.79 Å². The van der Waals surface area contributed by atoms with Crippen LogP contribution in [0.5, 0.6) is 0 Å². The molecular formula is C15H32N4O3S. The molecule has 0 aliphatic heterocycles. The van der Waals surface area contributed by atoms with Gasteiger partial charge in [-0.3, -0.25) is 0 Å². The Kier molecular flexibility index (Phi) is 8.86. The Morgan fingerprint density at radius 3 is 2.30 bits per heavy atom. The predicted octanol–water partition coefficient (Wildman–Crippen LogP) is 0.832. The summed E-state index contributed by atoms with van der Waals surface area (Å²) in [6.07, 6.45) is 7.63. The fraction of sp³-hybridized carbons (Fsp3) is 0.933.